The summed E-state index contributed by atoms with van der Waals surface area (Å²) in [6.07, 6.45) is 1.67. The molecule has 22 heavy (non-hydrogen) atoms. The third-order valence-electron chi connectivity index (χ3n) is 3.35. The van der Waals surface area contributed by atoms with Gasteiger partial charge in [0.15, 0.2) is 17.3 Å². The number of hydrogen-bond donors (Lipinski definition) is 1. The molecule has 3 rings (SSSR count). The maximum absolute atomic E-state index is 12.4. The van der Waals surface area contributed by atoms with Gasteiger partial charge in [0.2, 0.25) is 5.78 Å². The number of fused-ring (bicyclic) bond motifs is 1. The minimum absolute atomic E-state index is 0.0835. The Morgan fingerprint density at radius 2 is 2.00 bits per heavy atom. The van der Waals surface area contributed by atoms with E-state index in [2.05, 4.69) is 15.0 Å². The first-order chi connectivity index (χ1) is 10.7. The van der Waals surface area contributed by atoms with Gasteiger partial charge in [-0.3, -0.25) is 9.78 Å². The first-order valence-electron chi connectivity index (χ1n) is 6.76. The third kappa shape index (κ3) is 2.50. The molecule has 0 saturated carbocycles. The van der Waals surface area contributed by atoms with Crippen molar-refractivity contribution in [2.24, 2.45) is 0 Å². The second-order valence-corrected chi connectivity index (χ2v) is 4.70. The van der Waals surface area contributed by atoms with Crippen molar-refractivity contribution >= 4 is 16.8 Å². The second-order valence-electron chi connectivity index (χ2n) is 4.70. The van der Waals surface area contributed by atoms with Gasteiger partial charge in [-0.25, -0.2) is 4.98 Å². The number of carbonyl (C=O) groups is 1. The van der Waals surface area contributed by atoms with E-state index in [1.54, 1.807) is 19.4 Å². The van der Waals surface area contributed by atoms with Crippen LogP contribution in [0.1, 0.15) is 16.3 Å². The molecule has 0 spiro atoms. The van der Waals surface area contributed by atoms with Crippen molar-refractivity contribution in [3.63, 3.8) is 0 Å². The number of ketones is 1. The lowest BCUT2D eigenvalue weighted by Gasteiger charge is -2.10. The summed E-state index contributed by atoms with van der Waals surface area (Å²) < 4.78 is 10.5. The first-order valence-corrected chi connectivity index (χ1v) is 6.76. The molecule has 0 atom stereocenters. The molecule has 3 aromatic rings. The Morgan fingerprint density at radius 3 is 2.73 bits per heavy atom. The molecule has 1 aromatic carbocycles. The lowest BCUT2D eigenvalue weighted by molar-refractivity contribution is 0.0982. The number of pyridine rings is 1. The third-order valence-corrected chi connectivity index (χ3v) is 3.35. The SMILES string of the molecule is COc1ccnc(CC(=O)c2nc3ccccc3[nH]2)c1OC. The fourth-order valence-corrected chi connectivity index (χ4v) is 2.30. The number of hydrogen-bond acceptors (Lipinski definition) is 5. The minimum atomic E-state index is -0.157. The summed E-state index contributed by atoms with van der Waals surface area (Å²) in [6.45, 7) is 0. The van der Waals surface area contributed by atoms with E-state index < -0.39 is 0 Å². The number of imidazole rings is 1. The predicted molar refractivity (Wildman–Crippen MR) is 81.5 cm³/mol. The van der Waals surface area contributed by atoms with Crippen LogP contribution in [0.15, 0.2) is 36.5 Å². The highest BCUT2D eigenvalue weighted by Crippen LogP contribution is 2.29. The monoisotopic (exact) mass is 297 g/mol. The van der Waals surface area contributed by atoms with Crippen LogP contribution in [0.5, 0.6) is 11.5 Å². The summed E-state index contributed by atoms with van der Waals surface area (Å²) >= 11 is 0. The number of nitrogens with zero attached hydrogens (tertiary/aromatic N) is 2. The lowest BCUT2D eigenvalue weighted by atomic mass is 10.1. The highest BCUT2D eigenvalue weighted by Gasteiger charge is 2.18. The number of aromatic amines is 1. The number of benzene rings is 1. The van der Waals surface area contributed by atoms with E-state index in [1.165, 1.54) is 7.11 Å². The molecule has 1 N–H and O–H groups in total. The van der Waals surface area contributed by atoms with E-state index in [4.69, 9.17) is 9.47 Å². The predicted octanol–water partition coefficient (Wildman–Crippen LogP) is 2.40. The molecule has 2 heterocycles. The van der Waals surface area contributed by atoms with Gasteiger partial charge >= 0.3 is 0 Å². The molecule has 0 aliphatic carbocycles. The second kappa shape index (κ2) is 5.85. The van der Waals surface area contributed by atoms with Gasteiger partial charge < -0.3 is 14.5 Å². The van der Waals surface area contributed by atoms with Gasteiger partial charge in [-0.05, 0) is 12.1 Å². The summed E-state index contributed by atoms with van der Waals surface area (Å²) in [5, 5.41) is 0. The minimum Gasteiger partial charge on any atom is -0.493 e. The topological polar surface area (TPSA) is 77.1 Å². The fourth-order valence-electron chi connectivity index (χ4n) is 2.30. The van der Waals surface area contributed by atoms with E-state index >= 15 is 0 Å². The molecule has 0 aliphatic heterocycles. The van der Waals surface area contributed by atoms with E-state index in [0.717, 1.165) is 11.0 Å². The summed E-state index contributed by atoms with van der Waals surface area (Å²) in [4.78, 5) is 24.0. The largest absolute Gasteiger partial charge is 0.493 e. The smallest absolute Gasteiger partial charge is 0.204 e. The Hall–Kier alpha value is -2.89. The van der Waals surface area contributed by atoms with Crippen LogP contribution in [0.2, 0.25) is 0 Å². The van der Waals surface area contributed by atoms with Gasteiger partial charge in [0, 0.05) is 12.3 Å². The number of ether oxygens (including phenoxy) is 2. The summed E-state index contributed by atoms with van der Waals surface area (Å²) in [7, 11) is 3.07. The van der Waals surface area contributed by atoms with Crippen LogP contribution in [0.4, 0.5) is 0 Å². The molecule has 0 amide bonds. The van der Waals surface area contributed by atoms with Crippen LogP contribution in [0.3, 0.4) is 0 Å². The van der Waals surface area contributed by atoms with Crippen molar-refractivity contribution in [1.29, 1.82) is 0 Å². The zero-order chi connectivity index (χ0) is 15.5. The standard InChI is InChI=1S/C16H15N3O3/c1-21-14-7-8-17-12(15(14)22-2)9-13(20)16-18-10-5-3-4-6-11(10)19-16/h3-8H,9H2,1-2H3,(H,18,19). The van der Waals surface area contributed by atoms with Crippen LogP contribution >= 0.6 is 0 Å². The van der Waals surface area contributed by atoms with E-state index in [-0.39, 0.29) is 12.2 Å². The lowest BCUT2D eigenvalue weighted by Crippen LogP contribution is -2.09. The normalized spacial score (nSPS) is 10.6. The molecule has 0 aliphatic rings. The number of rotatable bonds is 5. The number of Topliss-reactive ketones (excluding diaryl/α,β-unsaturated/α-hetero) is 1. The number of methoxy groups -OCH3 is 2. The van der Waals surface area contributed by atoms with Crippen molar-refractivity contribution in [2.75, 3.05) is 14.2 Å². The number of nitrogens with one attached hydrogen (secondary N) is 1. The zero-order valence-electron chi connectivity index (χ0n) is 12.3. The Bertz CT molecular complexity index is 793. The highest BCUT2D eigenvalue weighted by atomic mass is 16.5. The van der Waals surface area contributed by atoms with Gasteiger partial charge in [0.05, 0.1) is 37.4 Å². The molecule has 112 valence electrons. The number of aromatic nitrogens is 3. The average Bonchev–Trinajstić information content (AvgIpc) is 2.98. The molecule has 2 aromatic heterocycles. The average molecular weight is 297 g/mol. The Morgan fingerprint density at radius 1 is 1.18 bits per heavy atom. The van der Waals surface area contributed by atoms with Gasteiger partial charge in [-0.1, -0.05) is 12.1 Å². The van der Waals surface area contributed by atoms with Crippen molar-refractivity contribution in [2.45, 2.75) is 6.42 Å². The first kappa shape index (κ1) is 14.1. The maximum Gasteiger partial charge on any atom is 0.204 e. The summed E-state index contributed by atoms with van der Waals surface area (Å²) in [5.74, 6) is 1.17. The quantitative estimate of drug-likeness (QED) is 0.732. The van der Waals surface area contributed by atoms with Gasteiger partial charge in [0.25, 0.3) is 0 Å². The molecule has 0 saturated heterocycles. The van der Waals surface area contributed by atoms with Crippen molar-refractivity contribution in [3.05, 3.63) is 48.0 Å². The summed E-state index contributed by atoms with van der Waals surface area (Å²) in [5.41, 5.74) is 2.11. The molecule has 6 nitrogen and oxygen atoms in total. The van der Waals surface area contributed by atoms with Crippen molar-refractivity contribution in [3.8, 4) is 11.5 Å². The van der Waals surface area contributed by atoms with E-state index in [1.807, 2.05) is 24.3 Å². The molecule has 6 heteroatoms. The van der Waals surface area contributed by atoms with E-state index in [0.29, 0.717) is 23.0 Å². The fraction of sp³-hybridized carbons (Fsp3) is 0.188. The van der Waals surface area contributed by atoms with Crippen LogP contribution in [0.25, 0.3) is 11.0 Å². The number of para-hydroxylation sites is 2. The van der Waals surface area contributed by atoms with Gasteiger partial charge in [-0.15, -0.1) is 0 Å². The van der Waals surface area contributed by atoms with Crippen LogP contribution < -0.4 is 9.47 Å². The van der Waals surface area contributed by atoms with Crippen LogP contribution in [0, 0.1) is 0 Å². The van der Waals surface area contributed by atoms with Gasteiger partial charge in [0.1, 0.15) is 0 Å². The Balaban J connectivity index is 1.91. The molecule has 0 bridgehead atoms. The van der Waals surface area contributed by atoms with Crippen molar-refractivity contribution < 1.29 is 14.3 Å². The maximum atomic E-state index is 12.4. The molecular formula is C16H15N3O3. The van der Waals surface area contributed by atoms with Crippen LogP contribution in [-0.2, 0) is 6.42 Å². The Kier molecular flexibility index (Phi) is 3.74. The molecule has 0 unspecified atom stereocenters. The summed E-state index contributed by atoms with van der Waals surface area (Å²) in [6, 6.07) is 9.19. The van der Waals surface area contributed by atoms with Crippen molar-refractivity contribution in [1.82, 2.24) is 15.0 Å². The molecule has 0 radical (unpaired) electrons. The van der Waals surface area contributed by atoms with Crippen LogP contribution in [-0.4, -0.2) is 35.0 Å². The number of carbonyl (C=O) groups excluding carboxylic acids is 1. The highest BCUT2D eigenvalue weighted by molar-refractivity contribution is 5.97. The molecular weight excluding hydrogens is 282 g/mol. The zero-order valence-corrected chi connectivity index (χ0v) is 12.3. The number of H-pyrrole nitrogens is 1. The van der Waals surface area contributed by atoms with Gasteiger partial charge in [-0.2, -0.15) is 0 Å². The molecule has 0 fully saturated rings. The van der Waals surface area contributed by atoms with E-state index in [9.17, 15) is 4.79 Å². The Labute approximate surface area is 127 Å².